The van der Waals surface area contributed by atoms with Crippen LogP contribution in [0.25, 0.3) is 11.7 Å². The Morgan fingerprint density at radius 3 is 2.44 bits per heavy atom. The first-order valence-corrected chi connectivity index (χ1v) is 12.6. The first-order valence-electron chi connectivity index (χ1n) is 11.8. The average Bonchev–Trinajstić information content (AvgIpc) is 3.47. The lowest BCUT2D eigenvalue weighted by molar-refractivity contribution is 0.0741. The zero-order chi connectivity index (χ0) is 24.9. The monoisotopic (exact) mass is 489 g/mol. The van der Waals surface area contributed by atoms with Gasteiger partial charge in [0.2, 0.25) is 0 Å². The molecule has 0 amide bonds. The number of likely N-dealkylation sites (N-methyl/N-ethyl adjacent to an activating group) is 1. The van der Waals surface area contributed by atoms with Gasteiger partial charge in [-0.15, -0.1) is 21.5 Å². The number of ether oxygens (including phenoxy) is 3. The molecule has 0 aliphatic carbocycles. The standard InChI is InChI=1S/C25H39N5O3S/c1-9-29(12-13-33-15-14-31-7)20-11-10-18(34-20)16-19-21(24(2,3)4)28-30-22(19)26-27-23(30)25(5,6)17-32-8/h10-11,16H,9,12-15,17H2,1-8H3. The summed E-state index contributed by atoms with van der Waals surface area (Å²) in [7, 11) is 3.39. The van der Waals surface area contributed by atoms with Crippen molar-refractivity contribution in [3.05, 3.63) is 33.7 Å². The molecule has 3 rings (SSSR count). The van der Waals surface area contributed by atoms with Crippen molar-refractivity contribution < 1.29 is 14.2 Å². The van der Waals surface area contributed by atoms with Gasteiger partial charge in [-0.3, -0.25) is 0 Å². The normalized spacial score (nSPS) is 13.4. The molecule has 3 aromatic heterocycles. The number of thiophene rings is 1. The van der Waals surface area contributed by atoms with E-state index in [1.54, 1.807) is 25.6 Å². The number of rotatable bonds is 12. The summed E-state index contributed by atoms with van der Waals surface area (Å²) >= 11 is 1.77. The molecule has 3 aromatic rings. The SMILES string of the molecule is CCN(CCOCCOC)c1ccc(C=c2c(C(C)(C)C)nn3c(C(C)(C)COC)nnc23)s1. The summed E-state index contributed by atoms with van der Waals surface area (Å²) in [5, 5.41) is 16.3. The second kappa shape index (κ2) is 11.1. The van der Waals surface area contributed by atoms with E-state index in [9.17, 15) is 0 Å². The largest absolute Gasteiger partial charge is 0.384 e. The third kappa shape index (κ3) is 5.94. The van der Waals surface area contributed by atoms with Crippen molar-refractivity contribution in [3.8, 4) is 0 Å². The number of hydrogen-bond donors (Lipinski definition) is 0. The quantitative estimate of drug-likeness (QED) is 0.361. The van der Waals surface area contributed by atoms with E-state index >= 15 is 0 Å². The minimum absolute atomic E-state index is 0.135. The van der Waals surface area contributed by atoms with Gasteiger partial charge in [0.15, 0.2) is 11.5 Å². The molecule has 188 valence electrons. The van der Waals surface area contributed by atoms with Crippen molar-refractivity contribution >= 4 is 28.1 Å². The van der Waals surface area contributed by atoms with Gasteiger partial charge >= 0.3 is 0 Å². The lowest BCUT2D eigenvalue weighted by Crippen LogP contribution is -2.27. The Balaban J connectivity index is 1.96. The molecule has 0 radical (unpaired) electrons. The molecule has 0 spiro atoms. The van der Waals surface area contributed by atoms with Crippen LogP contribution in [0, 0.1) is 0 Å². The van der Waals surface area contributed by atoms with Crippen LogP contribution in [0.1, 0.15) is 57.9 Å². The maximum Gasteiger partial charge on any atom is 0.187 e. The molecule has 0 atom stereocenters. The third-order valence-corrected chi connectivity index (χ3v) is 6.78. The molecule has 0 unspecified atom stereocenters. The van der Waals surface area contributed by atoms with E-state index in [1.165, 1.54) is 5.00 Å². The van der Waals surface area contributed by atoms with Gasteiger partial charge in [-0.2, -0.15) is 9.61 Å². The highest BCUT2D eigenvalue weighted by Crippen LogP contribution is 2.28. The van der Waals surface area contributed by atoms with Gasteiger partial charge in [0.1, 0.15) is 0 Å². The summed E-state index contributed by atoms with van der Waals surface area (Å²) in [6.07, 6.45) is 2.20. The predicted molar refractivity (Wildman–Crippen MR) is 138 cm³/mol. The van der Waals surface area contributed by atoms with E-state index < -0.39 is 0 Å². The summed E-state index contributed by atoms with van der Waals surface area (Å²) in [4.78, 5) is 3.50. The zero-order valence-electron chi connectivity index (χ0n) is 21.8. The Kier molecular flexibility index (Phi) is 8.67. The fraction of sp³-hybridized carbons (Fsp3) is 0.640. The predicted octanol–water partition coefficient (Wildman–Crippen LogP) is 3.44. The van der Waals surface area contributed by atoms with Gasteiger partial charge in [-0.25, -0.2) is 0 Å². The molecule has 0 fully saturated rings. The van der Waals surface area contributed by atoms with E-state index in [2.05, 4.69) is 74.8 Å². The molecule has 0 bridgehead atoms. The molecule has 0 aromatic carbocycles. The fourth-order valence-electron chi connectivity index (χ4n) is 3.91. The van der Waals surface area contributed by atoms with Crippen LogP contribution >= 0.6 is 11.3 Å². The van der Waals surface area contributed by atoms with E-state index in [1.807, 2.05) is 4.52 Å². The Hall–Kier alpha value is -2.07. The van der Waals surface area contributed by atoms with Crippen molar-refractivity contribution in [3.63, 3.8) is 0 Å². The Bertz CT molecular complexity index is 1120. The number of hydrogen-bond acceptors (Lipinski definition) is 8. The Labute approximate surface area is 206 Å². The summed E-state index contributed by atoms with van der Waals surface area (Å²) in [6, 6.07) is 4.34. The molecule has 0 N–H and O–H groups in total. The van der Waals surface area contributed by atoms with Crippen LogP contribution in [0.2, 0.25) is 0 Å². The van der Waals surface area contributed by atoms with Gasteiger partial charge in [-0.1, -0.05) is 34.6 Å². The molecule has 8 nitrogen and oxygen atoms in total. The minimum atomic E-state index is -0.301. The van der Waals surface area contributed by atoms with Crippen LogP contribution in [0.15, 0.2) is 12.1 Å². The third-order valence-electron chi connectivity index (χ3n) is 5.69. The minimum Gasteiger partial charge on any atom is -0.384 e. The maximum absolute atomic E-state index is 5.66. The van der Waals surface area contributed by atoms with Crippen molar-refractivity contribution in [2.24, 2.45) is 0 Å². The first kappa shape index (κ1) is 26.5. The van der Waals surface area contributed by atoms with Gasteiger partial charge in [0, 0.05) is 42.8 Å². The number of anilines is 1. The average molecular weight is 490 g/mol. The Morgan fingerprint density at radius 2 is 1.79 bits per heavy atom. The van der Waals surface area contributed by atoms with Crippen LogP contribution in [0.5, 0.6) is 0 Å². The molecule has 0 saturated carbocycles. The van der Waals surface area contributed by atoms with Gasteiger partial charge < -0.3 is 19.1 Å². The van der Waals surface area contributed by atoms with Gasteiger partial charge in [-0.05, 0) is 25.1 Å². The highest BCUT2D eigenvalue weighted by molar-refractivity contribution is 7.16. The maximum atomic E-state index is 5.66. The van der Waals surface area contributed by atoms with Crippen molar-refractivity contribution in [2.45, 2.75) is 52.4 Å². The number of nitrogens with zero attached hydrogens (tertiary/aromatic N) is 5. The van der Waals surface area contributed by atoms with E-state index in [-0.39, 0.29) is 10.8 Å². The Morgan fingerprint density at radius 1 is 1.03 bits per heavy atom. The molecule has 0 saturated heterocycles. The number of aromatic nitrogens is 4. The van der Waals surface area contributed by atoms with Gasteiger partial charge in [0.25, 0.3) is 0 Å². The number of methoxy groups -OCH3 is 2. The van der Waals surface area contributed by atoms with Crippen LogP contribution < -0.4 is 10.1 Å². The summed E-state index contributed by atoms with van der Waals surface area (Å²) < 4.78 is 18.0. The summed E-state index contributed by atoms with van der Waals surface area (Å²) in [5.74, 6) is 0.812. The topological polar surface area (TPSA) is 74.0 Å². The van der Waals surface area contributed by atoms with Crippen LogP contribution in [0.4, 0.5) is 5.00 Å². The zero-order valence-corrected chi connectivity index (χ0v) is 22.7. The fourth-order valence-corrected chi connectivity index (χ4v) is 4.95. The van der Waals surface area contributed by atoms with Gasteiger partial charge in [0.05, 0.1) is 42.5 Å². The summed E-state index contributed by atoms with van der Waals surface area (Å²) in [6.45, 7) is 17.1. The highest BCUT2D eigenvalue weighted by atomic mass is 32.1. The molecule has 0 aliphatic rings. The van der Waals surface area contributed by atoms with E-state index in [0.29, 0.717) is 26.4 Å². The van der Waals surface area contributed by atoms with Crippen LogP contribution in [0.3, 0.4) is 0 Å². The lowest BCUT2D eigenvalue weighted by Gasteiger charge is -2.20. The second-order valence-corrected chi connectivity index (χ2v) is 11.2. The summed E-state index contributed by atoms with van der Waals surface area (Å²) in [5.41, 5.74) is 1.37. The van der Waals surface area contributed by atoms with Crippen LogP contribution in [-0.4, -0.2) is 73.5 Å². The smallest absolute Gasteiger partial charge is 0.187 e. The first-order chi connectivity index (χ1) is 16.1. The molecule has 0 aliphatic heterocycles. The van der Waals surface area contributed by atoms with E-state index in [0.717, 1.165) is 40.4 Å². The molecule has 3 heterocycles. The molecule has 9 heteroatoms. The molecular formula is C25H39N5O3S. The molecular weight excluding hydrogens is 450 g/mol. The highest BCUT2D eigenvalue weighted by Gasteiger charge is 2.31. The lowest BCUT2D eigenvalue weighted by atomic mass is 9.91. The van der Waals surface area contributed by atoms with Crippen molar-refractivity contribution in [1.29, 1.82) is 0 Å². The van der Waals surface area contributed by atoms with Crippen molar-refractivity contribution in [1.82, 2.24) is 19.8 Å². The number of fused-ring (bicyclic) bond motifs is 1. The van der Waals surface area contributed by atoms with Crippen molar-refractivity contribution in [2.75, 3.05) is 58.6 Å². The van der Waals surface area contributed by atoms with Crippen LogP contribution in [-0.2, 0) is 25.0 Å². The van der Waals surface area contributed by atoms with E-state index in [4.69, 9.17) is 19.3 Å². The second-order valence-electron chi connectivity index (χ2n) is 10.1. The molecule has 34 heavy (non-hydrogen) atoms.